The topological polar surface area (TPSA) is 132 Å². The lowest BCUT2D eigenvalue weighted by molar-refractivity contribution is 0.0682. The molecule has 2 aromatic carbocycles. The van der Waals surface area contributed by atoms with E-state index in [1.165, 1.54) is 24.3 Å². The Morgan fingerprint density at radius 1 is 0.591 bits per heavy atom. The van der Waals surface area contributed by atoms with Crippen molar-refractivity contribution in [2.75, 3.05) is 0 Å². The summed E-state index contributed by atoms with van der Waals surface area (Å²) in [6, 6.07) is 6.87. The minimum Gasteiger partial charge on any atom is -0.508 e. The summed E-state index contributed by atoms with van der Waals surface area (Å²) in [7, 11) is 0. The summed E-state index contributed by atoms with van der Waals surface area (Å²) in [5.74, 6) is -4.23. The Morgan fingerprint density at radius 3 is 1.36 bits per heavy atom. The van der Waals surface area contributed by atoms with Gasteiger partial charge in [0.05, 0.1) is 16.7 Å². The van der Waals surface area contributed by atoms with Crippen LogP contribution in [-0.2, 0) is 0 Å². The van der Waals surface area contributed by atoms with Crippen molar-refractivity contribution < 1.29 is 34.8 Å². The van der Waals surface area contributed by atoms with Crippen molar-refractivity contribution in [3.63, 3.8) is 0 Å². The zero-order chi connectivity index (χ0) is 16.4. The number of rotatable bonds is 4. The Balaban J connectivity index is 2.68. The first-order valence-electron chi connectivity index (χ1n) is 5.97. The van der Waals surface area contributed by atoms with Crippen molar-refractivity contribution in [3.8, 4) is 16.9 Å². The number of carboxylic acid groups (broad SMARTS) is 3. The van der Waals surface area contributed by atoms with Gasteiger partial charge in [0.2, 0.25) is 0 Å². The summed E-state index contributed by atoms with van der Waals surface area (Å²) in [6.45, 7) is 0. The highest BCUT2D eigenvalue weighted by atomic mass is 16.4. The van der Waals surface area contributed by atoms with E-state index in [2.05, 4.69) is 0 Å². The Kier molecular flexibility index (Phi) is 3.81. The Bertz CT molecular complexity index is 760. The molecule has 0 unspecified atom stereocenters. The van der Waals surface area contributed by atoms with E-state index in [0.717, 1.165) is 12.1 Å². The fourth-order valence-corrected chi connectivity index (χ4v) is 1.94. The fraction of sp³-hybridized carbons (Fsp3) is 0. The zero-order valence-corrected chi connectivity index (χ0v) is 11.0. The quantitative estimate of drug-likeness (QED) is 0.680. The largest absolute Gasteiger partial charge is 0.508 e. The average Bonchev–Trinajstić information content (AvgIpc) is 2.45. The standard InChI is InChI=1S/C15H10O7/c16-12-5-8(3-11(6-12)15(21)22)7-1-9(13(17)18)4-10(2-7)14(19)20/h1-6,16H,(H,17,18)(H,19,20)(H,21,22). The van der Waals surface area contributed by atoms with Crippen LogP contribution in [0, 0.1) is 0 Å². The second-order valence-corrected chi connectivity index (χ2v) is 4.48. The summed E-state index contributed by atoms with van der Waals surface area (Å²) in [5.41, 5.74) is -0.337. The van der Waals surface area contributed by atoms with Gasteiger partial charge in [-0.25, -0.2) is 14.4 Å². The molecule has 0 spiro atoms. The predicted molar refractivity (Wildman–Crippen MR) is 74.4 cm³/mol. The van der Waals surface area contributed by atoms with Crippen LogP contribution in [0.15, 0.2) is 36.4 Å². The molecule has 0 atom stereocenters. The number of phenolic OH excluding ortho intramolecular Hbond substituents is 1. The van der Waals surface area contributed by atoms with E-state index in [-0.39, 0.29) is 33.6 Å². The van der Waals surface area contributed by atoms with Gasteiger partial charge in [-0.05, 0) is 47.5 Å². The van der Waals surface area contributed by atoms with E-state index >= 15 is 0 Å². The van der Waals surface area contributed by atoms with E-state index in [1.807, 2.05) is 0 Å². The van der Waals surface area contributed by atoms with Crippen molar-refractivity contribution in [1.82, 2.24) is 0 Å². The first-order chi connectivity index (χ1) is 10.3. The summed E-state index contributed by atoms with van der Waals surface area (Å²) in [6.07, 6.45) is 0. The van der Waals surface area contributed by atoms with E-state index in [9.17, 15) is 19.5 Å². The number of hydrogen-bond donors (Lipinski definition) is 4. The van der Waals surface area contributed by atoms with Gasteiger partial charge in [-0.3, -0.25) is 0 Å². The molecule has 4 N–H and O–H groups in total. The molecule has 2 aromatic rings. The van der Waals surface area contributed by atoms with Crippen LogP contribution in [0.5, 0.6) is 5.75 Å². The molecule has 112 valence electrons. The van der Waals surface area contributed by atoms with Gasteiger partial charge in [-0.1, -0.05) is 0 Å². The van der Waals surface area contributed by atoms with Crippen LogP contribution in [0.1, 0.15) is 31.1 Å². The molecule has 0 fully saturated rings. The predicted octanol–water partition coefficient (Wildman–Crippen LogP) is 2.15. The second kappa shape index (κ2) is 5.57. The SMILES string of the molecule is O=C(O)c1cc(O)cc(-c2cc(C(=O)O)cc(C(=O)O)c2)c1. The van der Waals surface area contributed by atoms with Crippen LogP contribution >= 0.6 is 0 Å². The smallest absolute Gasteiger partial charge is 0.335 e. The monoisotopic (exact) mass is 302 g/mol. The molecule has 0 saturated heterocycles. The molecule has 0 heterocycles. The van der Waals surface area contributed by atoms with Crippen LogP contribution in [-0.4, -0.2) is 38.3 Å². The molecule has 2 rings (SSSR count). The molecule has 0 aromatic heterocycles. The molecule has 22 heavy (non-hydrogen) atoms. The van der Waals surface area contributed by atoms with E-state index in [1.54, 1.807) is 0 Å². The van der Waals surface area contributed by atoms with Gasteiger partial charge >= 0.3 is 17.9 Å². The third-order valence-corrected chi connectivity index (χ3v) is 2.92. The molecule has 0 bridgehead atoms. The normalized spacial score (nSPS) is 10.2. The molecular weight excluding hydrogens is 292 g/mol. The number of phenols is 1. The fourth-order valence-electron chi connectivity index (χ4n) is 1.94. The second-order valence-electron chi connectivity index (χ2n) is 4.48. The van der Waals surface area contributed by atoms with Crippen LogP contribution in [0.3, 0.4) is 0 Å². The van der Waals surface area contributed by atoms with Crippen LogP contribution < -0.4 is 0 Å². The number of carboxylic acids is 3. The van der Waals surface area contributed by atoms with Crippen molar-refractivity contribution >= 4 is 17.9 Å². The van der Waals surface area contributed by atoms with Crippen LogP contribution in [0.4, 0.5) is 0 Å². The Morgan fingerprint density at radius 2 is 0.955 bits per heavy atom. The summed E-state index contributed by atoms with van der Waals surface area (Å²) < 4.78 is 0. The summed E-state index contributed by atoms with van der Waals surface area (Å²) in [5, 5.41) is 36.6. The van der Waals surface area contributed by atoms with Gasteiger partial charge in [0.15, 0.2) is 0 Å². The zero-order valence-electron chi connectivity index (χ0n) is 11.0. The Hall–Kier alpha value is -3.35. The highest BCUT2D eigenvalue weighted by Crippen LogP contribution is 2.27. The molecular formula is C15H10O7. The van der Waals surface area contributed by atoms with Crippen LogP contribution in [0.2, 0.25) is 0 Å². The number of carbonyl (C=O) groups is 3. The molecule has 7 heteroatoms. The molecule has 0 amide bonds. The maximum atomic E-state index is 11.1. The Labute approximate surface area is 123 Å². The highest BCUT2D eigenvalue weighted by molar-refractivity contribution is 5.97. The van der Waals surface area contributed by atoms with Crippen molar-refractivity contribution in [3.05, 3.63) is 53.1 Å². The van der Waals surface area contributed by atoms with Gasteiger partial charge in [0.25, 0.3) is 0 Å². The maximum absolute atomic E-state index is 11.1. The number of aromatic carboxylic acids is 3. The average molecular weight is 302 g/mol. The van der Waals surface area contributed by atoms with Crippen molar-refractivity contribution in [2.45, 2.75) is 0 Å². The minimum absolute atomic E-state index is 0.177. The van der Waals surface area contributed by atoms with Crippen molar-refractivity contribution in [1.29, 1.82) is 0 Å². The highest BCUT2D eigenvalue weighted by Gasteiger charge is 2.14. The lowest BCUT2D eigenvalue weighted by Crippen LogP contribution is -2.03. The summed E-state index contributed by atoms with van der Waals surface area (Å²) >= 11 is 0. The molecule has 0 saturated carbocycles. The number of aromatic hydroxyl groups is 1. The van der Waals surface area contributed by atoms with E-state index < -0.39 is 17.9 Å². The summed E-state index contributed by atoms with van der Waals surface area (Å²) in [4.78, 5) is 33.1. The lowest BCUT2D eigenvalue weighted by atomic mass is 9.98. The van der Waals surface area contributed by atoms with Gasteiger partial charge < -0.3 is 20.4 Å². The minimum atomic E-state index is -1.32. The van der Waals surface area contributed by atoms with E-state index in [4.69, 9.17) is 15.3 Å². The number of hydrogen-bond acceptors (Lipinski definition) is 4. The molecule has 0 aliphatic heterocycles. The van der Waals surface area contributed by atoms with Gasteiger partial charge in [-0.15, -0.1) is 0 Å². The first kappa shape index (κ1) is 15.0. The van der Waals surface area contributed by atoms with Crippen LogP contribution in [0.25, 0.3) is 11.1 Å². The molecule has 0 aliphatic rings. The lowest BCUT2D eigenvalue weighted by Gasteiger charge is -2.08. The van der Waals surface area contributed by atoms with Gasteiger partial charge in [0.1, 0.15) is 5.75 Å². The molecule has 0 aliphatic carbocycles. The third-order valence-electron chi connectivity index (χ3n) is 2.92. The van der Waals surface area contributed by atoms with Gasteiger partial charge in [-0.2, -0.15) is 0 Å². The molecule has 0 radical (unpaired) electrons. The first-order valence-corrected chi connectivity index (χ1v) is 5.97. The number of benzene rings is 2. The third kappa shape index (κ3) is 3.04. The van der Waals surface area contributed by atoms with Gasteiger partial charge in [0, 0.05) is 0 Å². The molecule has 7 nitrogen and oxygen atoms in total. The van der Waals surface area contributed by atoms with E-state index in [0.29, 0.717) is 0 Å². The van der Waals surface area contributed by atoms with Crippen molar-refractivity contribution in [2.24, 2.45) is 0 Å². The maximum Gasteiger partial charge on any atom is 0.335 e.